The van der Waals surface area contributed by atoms with Crippen molar-refractivity contribution in [3.05, 3.63) is 42.0 Å². The summed E-state index contributed by atoms with van der Waals surface area (Å²) >= 11 is 0. The molecule has 2 unspecified atom stereocenters. The molecule has 25 heavy (non-hydrogen) atoms. The van der Waals surface area contributed by atoms with Gasteiger partial charge in [0.05, 0.1) is 26.0 Å². The third kappa shape index (κ3) is 2.47. The Morgan fingerprint density at radius 2 is 2.04 bits per heavy atom. The maximum Gasteiger partial charge on any atom is 0.247 e. The van der Waals surface area contributed by atoms with Crippen molar-refractivity contribution >= 4 is 10.0 Å². The largest absolute Gasteiger partial charge is 0.497 e. The van der Waals surface area contributed by atoms with E-state index in [1.165, 1.54) is 26.6 Å². The molecule has 2 atom stereocenters. The SMILES string of the molecule is COc1ccc(OC)c(S(=O)(=O)N2C3CCC2c2cncnc2C3)c1. The predicted octanol–water partition coefficient (Wildman–Crippen LogP) is 1.94. The van der Waals surface area contributed by atoms with E-state index in [0.717, 1.165) is 24.1 Å². The number of nitrogens with zero attached hydrogens (tertiary/aromatic N) is 3. The van der Waals surface area contributed by atoms with Crippen LogP contribution in [-0.2, 0) is 16.4 Å². The van der Waals surface area contributed by atoms with E-state index in [-0.39, 0.29) is 17.0 Å². The number of hydrogen-bond donors (Lipinski definition) is 0. The van der Waals surface area contributed by atoms with Gasteiger partial charge in [-0.15, -0.1) is 0 Å². The zero-order valence-electron chi connectivity index (χ0n) is 14.0. The molecule has 0 N–H and O–H groups in total. The molecule has 0 aliphatic carbocycles. The van der Waals surface area contributed by atoms with Crippen molar-refractivity contribution in [2.75, 3.05) is 14.2 Å². The molecule has 2 aliphatic rings. The number of rotatable bonds is 4. The van der Waals surface area contributed by atoms with E-state index in [2.05, 4.69) is 9.97 Å². The first kappa shape index (κ1) is 16.3. The molecule has 1 aromatic carbocycles. The summed E-state index contributed by atoms with van der Waals surface area (Å²) in [6, 6.07) is 4.51. The van der Waals surface area contributed by atoms with E-state index in [0.29, 0.717) is 17.9 Å². The van der Waals surface area contributed by atoms with Crippen molar-refractivity contribution in [1.82, 2.24) is 14.3 Å². The van der Waals surface area contributed by atoms with Crippen molar-refractivity contribution in [3.63, 3.8) is 0 Å². The van der Waals surface area contributed by atoms with E-state index >= 15 is 0 Å². The average Bonchev–Trinajstić information content (AvgIpc) is 2.97. The lowest BCUT2D eigenvalue weighted by Gasteiger charge is -2.34. The van der Waals surface area contributed by atoms with Crippen LogP contribution in [0.2, 0.25) is 0 Å². The van der Waals surface area contributed by atoms with Crippen LogP contribution in [0, 0.1) is 0 Å². The third-order valence-electron chi connectivity index (χ3n) is 4.98. The molecule has 0 spiro atoms. The molecule has 1 saturated heterocycles. The first-order chi connectivity index (χ1) is 12.1. The molecular formula is C17H19N3O4S. The monoisotopic (exact) mass is 361 g/mol. The molecule has 1 aromatic heterocycles. The summed E-state index contributed by atoms with van der Waals surface area (Å²) in [5.74, 6) is 0.794. The van der Waals surface area contributed by atoms with Crippen molar-refractivity contribution in [2.24, 2.45) is 0 Å². The summed E-state index contributed by atoms with van der Waals surface area (Å²) in [5, 5.41) is 0. The number of aromatic nitrogens is 2. The molecule has 8 heteroatoms. The van der Waals surface area contributed by atoms with Gasteiger partial charge >= 0.3 is 0 Å². The summed E-state index contributed by atoms with van der Waals surface area (Å²) in [6.07, 6.45) is 5.45. The molecule has 3 heterocycles. The van der Waals surface area contributed by atoms with E-state index in [1.807, 2.05) is 0 Å². The van der Waals surface area contributed by atoms with Gasteiger partial charge < -0.3 is 9.47 Å². The fourth-order valence-corrected chi connectivity index (χ4v) is 5.87. The number of methoxy groups -OCH3 is 2. The Kier molecular flexibility index (Phi) is 3.88. The van der Waals surface area contributed by atoms with Crippen molar-refractivity contribution in [2.45, 2.75) is 36.2 Å². The van der Waals surface area contributed by atoms with Crippen LogP contribution in [0.15, 0.2) is 35.6 Å². The van der Waals surface area contributed by atoms with Gasteiger partial charge in [-0.3, -0.25) is 0 Å². The summed E-state index contributed by atoms with van der Waals surface area (Å²) in [6.45, 7) is 0. The third-order valence-corrected chi connectivity index (χ3v) is 6.96. The topological polar surface area (TPSA) is 81.6 Å². The molecule has 0 radical (unpaired) electrons. The molecule has 2 aliphatic heterocycles. The van der Waals surface area contributed by atoms with Gasteiger partial charge in [0.1, 0.15) is 22.7 Å². The Labute approximate surface area is 146 Å². The zero-order valence-corrected chi connectivity index (χ0v) is 14.9. The predicted molar refractivity (Wildman–Crippen MR) is 90.1 cm³/mol. The van der Waals surface area contributed by atoms with Gasteiger partial charge in [-0.2, -0.15) is 4.31 Å². The fraction of sp³-hybridized carbons (Fsp3) is 0.412. The standard InChI is InChI=1S/C17H19N3O4S/c1-23-12-4-6-16(24-2)17(8-12)25(21,22)20-11-3-5-15(20)13-9-18-10-19-14(13)7-11/h4,6,8-11,15H,3,5,7H2,1-2H3. The highest BCUT2D eigenvalue weighted by Crippen LogP contribution is 2.47. The minimum atomic E-state index is -3.74. The molecule has 2 aromatic rings. The first-order valence-electron chi connectivity index (χ1n) is 8.10. The van der Waals surface area contributed by atoms with Gasteiger partial charge in [0.15, 0.2) is 0 Å². The van der Waals surface area contributed by atoms with Crippen LogP contribution >= 0.6 is 0 Å². The van der Waals surface area contributed by atoms with Crippen LogP contribution in [0.5, 0.6) is 11.5 Å². The van der Waals surface area contributed by atoms with Crippen LogP contribution in [0.25, 0.3) is 0 Å². The summed E-state index contributed by atoms with van der Waals surface area (Å²) in [4.78, 5) is 8.55. The Morgan fingerprint density at radius 3 is 2.80 bits per heavy atom. The van der Waals surface area contributed by atoms with Gasteiger partial charge in [-0.1, -0.05) is 0 Å². The molecule has 1 fully saturated rings. The van der Waals surface area contributed by atoms with Crippen molar-refractivity contribution in [1.29, 1.82) is 0 Å². The maximum atomic E-state index is 13.5. The summed E-state index contributed by atoms with van der Waals surface area (Å²) in [5.41, 5.74) is 1.85. The Bertz CT molecular complexity index is 916. The molecular weight excluding hydrogens is 342 g/mol. The van der Waals surface area contributed by atoms with E-state index < -0.39 is 10.0 Å². The van der Waals surface area contributed by atoms with Crippen molar-refractivity contribution < 1.29 is 17.9 Å². The summed E-state index contributed by atoms with van der Waals surface area (Å²) in [7, 11) is -0.766. The number of sulfonamides is 1. The molecule has 0 saturated carbocycles. The van der Waals surface area contributed by atoms with E-state index in [1.54, 1.807) is 22.6 Å². The number of hydrogen-bond acceptors (Lipinski definition) is 6. The Morgan fingerprint density at radius 1 is 1.20 bits per heavy atom. The second kappa shape index (κ2) is 5.96. The van der Waals surface area contributed by atoms with Crippen LogP contribution in [0.4, 0.5) is 0 Å². The van der Waals surface area contributed by atoms with Crippen LogP contribution in [0.3, 0.4) is 0 Å². The second-order valence-electron chi connectivity index (χ2n) is 6.23. The van der Waals surface area contributed by atoms with Crippen molar-refractivity contribution in [3.8, 4) is 11.5 Å². The normalized spacial score (nSPS) is 22.5. The highest BCUT2D eigenvalue weighted by Gasteiger charge is 2.48. The summed E-state index contributed by atoms with van der Waals surface area (Å²) < 4.78 is 39.0. The minimum absolute atomic E-state index is 0.0895. The van der Waals surface area contributed by atoms with Gasteiger partial charge in [0, 0.05) is 30.3 Å². The molecule has 132 valence electrons. The Balaban J connectivity index is 1.83. The number of ether oxygens (including phenoxy) is 2. The lowest BCUT2D eigenvalue weighted by Crippen LogP contribution is -2.42. The zero-order chi connectivity index (χ0) is 17.6. The number of benzene rings is 1. The van der Waals surface area contributed by atoms with Gasteiger partial charge in [-0.25, -0.2) is 18.4 Å². The van der Waals surface area contributed by atoms with Crippen LogP contribution in [-0.4, -0.2) is 43.0 Å². The average molecular weight is 361 g/mol. The van der Waals surface area contributed by atoms with Gasteiger partial charge in [0.25, 0.3) is 0 Å². The Hall–Kier alpha value is -2.19. The smallest absolute Gasteiger partial charge is 0.247 e. The lowest BCUT2D eigenvalue weighted by molar-refractivity contribution is 0.298. The number of fused-ring (bicyclic) bond motifs is 4. The van der Waals surface area contributed by atoms with E-state index in [9.17, 15) is 8.42 Å². The van der Waals surface area contributed by atoms with Gasteiger partial charge in [-0.05, 0) is 25.0 Å². The fourth-order valence-electron chi connectivity index (χ4n) is 3.84. The minimum Gasteiger partial charge on any atom is -0.497 e. The molecule has 7 nitrogen and oxygen atoms in total. The highest BCUT2D eigenvalue weighted by molar-refractivity contribution is 7.89. The maximum absolute atomic E-state index is 13.5. The highest BCUT2D eigenvalue weighted by atomic mass is 32.2. The molecule has 0 amide bonds. The van der Waals surface area contributed by atoms with E-state index in [4.69, 9.17) is 9.47 Å². The second-order valence-corrected chi connectivity index (χ2v) is 8.04. The molecule has 4 rings (SSSR count). The van der Waals surface area contributed by atoms with Crippen LogP contribution in [0.1, 0.15) is 30.1 Å². The van der Waals surface area contributed by atoms with Crippen LogP contribution < -0.4 is 9.47 Å². The lowest BCUT2D eigenvalue weighted by atomic mass is 10.0. The first-order valence-corrected chi connectivity index (χ1v) is 9.54. The molecule has 2 bridgehead atoms. The van der Waals surface area contributed by atoms with Gasteiger partial charge in [0.2, 0.25) is 10.0 Å². The quantitative estimate of drug-likeness (QED) is 0.828.